The molecule has 2 rings (SSSR count). The number of aromatic nitrogens is 4. The van der Waals surface area contributed by atoms with Crippen molar-refractivity contribution in [3.05, 3.63) is 12.2 Å². The number of rotatable bonds is 7. The summed E-state index contributed by atoms with van der Waals surface area (Å²) in [5.74, 6) is 1.97. The molecule has 0 N–H and O–H groups in total. The van der Waals surface area contributed by atoms with Crippen LogP contribution < -0.4 is 4.74 Å². The number of alkyl halides is 1. The van der Waals surface area contributed by atoms with Gasteiger partial charge in [0.25, 0.3) is 0 Å². The molecular formula is C13H20ClN5O. The number of likely N-dealkylation sites (N-methyl/N-ethyl adjacent to an activating group) is 1. The Kier molecular flexibility index (Phi) is 5.14. The third-order valence-electron chi connectivity index (χ3n) is 3.33. The molecule has 0 saturated heterocycles. The summed E-state index contributed by atoms with van der Waals surface area (Å²) >= 11 is 5.87. The van der Waals surface area contributed by atoms with Gasteiger partial charge < -0.3 is 14.2 Å². The molecule has 0 aliphatic carbocycles. The molecular weight excluding hydrogens is 278 g/mol. The standard InChI is InChI=1S/C13H20ClN5O/c1-4-18(2)7-8-19-10(5-6-14)17-11-12(19)15-9-16-13(11)20-3/h9H,4-8H2,1-3H3. The van der Waals surface area contributed by atoms with Crippen molar-refractivity contribution >= 4 is 22.8 Å². The fraction of sp³-hybridized carbons (Fsp3) is 0.615. The number of fused-ring (bicyclic) bond motifs is 1. The second kappa shape index (κ2) is 6.85. The molecule has 0 radical (unpaired) electrons. The lowest BCUT2D eigenvalue weighted by Crippen LogP contribution is -2.23. The van der Waals surface area contributed by atoms with Crippen LogP contribution in [0.3, 0.4) is 0 Å². The minimum absolute atomic E-state index is 0.508. The van der Waals surface area contributed by atoms with Crippen LogP contribution in [-0.2, 0) is 13.0 Å². The fourth-order valence-corrected chi connectivity index (χ4v) is 2.22. The van der Waals surface area contributed by atoms with E-state index in [1.807, 2.05) is 0 Å². The molecule has 2 aromatic rings. The van der Waals surface area contributed by atoms with Crippen molar-refractivity contribution in [2.45, 2.75) is 19.9 Å². The van der Waals surface area contributed by atoms with E-state index in [4.69, 9.17) is 16.3 Å². The molecule has 7 heteroatoms. The van der Waals surface area contributed by atoms with Gasteiger partial charge in [-0.2, -0.15) is 4.98 Å². The van der Waals surface area contributed by atoms with Crippen LogP contribution in [0.5, 0.6) is 5.88 Å². The highest BCUT2D eigenvalue weighted by molar-refractivity contribution is 6.17. The second-order valence-corrected chi connectivity index (χ2v) is 4.95. The Morgan fingerprint density at radius 1 is 1.40 bits per heavy atom. The topological polar surface area (TPSA) is 56.1 Å². The highest BCUT2D eigenvalue weighted by atomic mass is 35.5. The molecule has 110 valence electrons. The van der Waals surface area contributed by atoms with E-state index < -0.39 is 0 Å². The molecule has 0 bridgehead atoms. The molecule has 0 atom stereocenters. The highest BCUT2D eigenvalue weighted by Gasteiger charge is 2.16. The van der Waals surface area contributed by atoms with Gasteiger partial charge in [0.15, 0.2) is 11.2 Å². The first-order valence-corrected chi connectivity index (χ1v) is 7.23. The average molecular weight is 298 g/mol. The van der Waals surface area contributed by atoms with Gasteiger partial charge in [0, 0.05) is 25.4 Å². The maximum Gasteiger partial charge on any atom is 0.245 e. The van der Waals surface area contributed by atoms with Gasteiger partial charge in [-0.1, -0.05) is 6.92 Å². The Morgan fingerprint density at radius 3 is 2.85 bits per heavy atom. The highest BCUT2D eigenvalue weighted by Crippen LogP contribution is 2.22. The first-order valence-electron chi connectivity index (χ1n) is 6.69. The zero-order valence-corrected chi connectivity index (χ0v) is 12.9. The number of aryl methyl sites for hydroxylation is 1. The van der Waals surface area contributed by atoms with Gasteiger partial charge in [-0.05, 0) is 13.6 Å². The van der Waals surface area contributed by atoms with Gasteiger partial charge in [0.05, 0.1) is 7.11 Å². The minimum atomic E-state index is 0.508. The van der Waals surface area contributed by atoms with Crippen LogP contribution in [0, 0.1) is 0 Å². The molecule has 0 aromatic carbocycles. The summed E-state index contributed by atoms with van der Waals surface area (Å²) in [4.78, 5) is 15.3. The fourth-order valence-electron chi connectivity index (χ4n) is 2.05. The van der Waals surface area contributed by atoms with Crippen LogP contribution in [0.4, 0.5) is 0 Å². The zero-order valence-electron chi connectivity index (χ0n) is 12.1. The minimum Gasteiger partial charge on any atom is -0.479 e. The van der Waals surface area contributed by atoms with Crippen molar-refractivity contribution < 1.29 is 4.74 Å². The predicted octanol–water partition coefficient (Wildman–Crippen LogP) is 1.57. The summed E-state index contributed by atoms with van der Waals surface area (Å²) < 4.78 is 7.36. The Morgan fingerprint density at radius 2 is 2.20 bits per heavy atom. The first-order chi connectivity index (χ1) is 9.71. The number of hydrogen-bond donors (Lipinski definition) is 0. The molecule has 2 heterocycles. The molecule has 20 heavy (non-hydrogen) atoms. The van der Waals surface area contributed by atoms with Gasteiger partial charge in [-0.15, -0.1) is 11.6 Å². The first kappa shape index (κ1) is 15.0. The van der Waals surface area contributed by atoms with E-state index in [2.05, 4.69) is 38.4 Å². The SMILES string of the molecule is CCN(C)CCn1c(CCCl)nc2c(OC)ncnc21. The summed E-state index contributed by atoms with van der Waals surface area (Å²) in [7, 11) is 3.68. The summed E-state index contributed by atoms with van der Waals surface area (Å²) in [5, 5.41) is 0. The zero-order chi connectivity index (χ0) is 14.5. The summed E-state index contributed by atoms with van der Waals surface area (Å²) in [6, 6.07) is 0. The van der Waals surface area contributed by atoms with Crippen LogP contribution in [0.25, 0.3) is 11.2 Å². The normalized spacial score (nSPS) is 11.4. The monoisotopic (exact) mass is 297 g/mol. The number of ether oxygens (including phenoxy) is 1. The Balaban J connectivity index is 2.40. The predicted molar refractivity (Wildman–Crippen MR) is 79.5 cm³/mol. The number of imidazole rings is 1. The van der Waals surface area contributed by atoms with Crippen molar-refractivity contribution in [2.24, 2.45) is 0 Å². The van der Waals surface area contributed by atoms with E-state index in [-0.39, 0.29) is 0 Å². The van der Waals surface area contributed by atoms with Crippen molar-refractivity contribution in [2.75, 3.05) is 33.1 Å². The van der Waals surface area contributed by atoms with E-state index in [1.54, 1.807) is 7.11 Å². The molecule has 0 fully saturated rings. The van der Waals surface area contributed by atoms with Crippen molar-refractivity contribution in [1.82, 2.24) is 24.4 Å². The molecule has 0 aliphatic heterocycles. The molecule has 0 amide bonds. The average Bonchev–Trinajstić information content (AvgIpc) is 2.82. The molecule has 0 aliphatic rings. The quantitative estimate of drug-likeness (QED) is 0.726. The molecule has 0 unspecified atom stereocenters. The van der Waals surface area contributed by atoms with Gasteiger partial charge >= 0.3 is 0 Å². The maximum atomic E-state index is 5.87. The summed E-state index contributed by atoms with van der Waals surface area (Å²) in [6.45, 7) is 4.91. The van der Waals surface area contributed by atoms with Crippen molar-refractivity contribution in [3.8, 4) is 5.88 Å². The van der Waals surface area contributed by atoms with E-state index in [9.17, 15) is 0 Å². The third-order valence-corrected chi connectivity index (χ3v) is 3.52. The Bertz CT molecular complexity index is 571. The van der Waals surface area contributed by atoms with E-state index in [0.717, 1.165) is 31.1 Å². The van der Waals surface area contributed by atoms with Gasteiger partial charge in [-0.3, -0.25) is 0 Å². The second-order valence-electron chi connectivity index (χ2n) is 4.57. The van der Waals surface area contributed by atoms with Crippen LogP contribution >= 0.6 is 11.6 Å². The van der Waals surface area contributed by atoms with Crippen molar-refractivity contribution in [1.29, 1.82) is 0 Å². The summed E-state index contributed by atoms with van der Waals surface area (Å²) in [6.07, 6.45) is 2.21. The van der Waals surface area contributed by atoms with Crippen LogP contribution in [-0.4, -0.2) is 57.5 Å². The molecule has 0 saturated carbocycles. The Hall–Kier alpha value is -1.40. The maximum absolute atomic E-state index is 5.87. The van der Waals surface area contributed by atoms with E-state index >= 15 is 0 Å². The number of methoxy groups -OCH3 is 1. The van der Waals surface area contributed by atoms with Gasteiger partial charge in [-0.25, -0.2) is 9.97 Å². The Labute approximate surface area is 123 Å². The van der Waals surface area contributed by atoms with Crippen molar-refractivity contribution in [3.63, 3.8) is 0 Å². The van der Waals surface area contributed by atoms with Crippen LogP contribution in [0.1, 0.15) is 12.7 Å². The van der Waals surface area contributed by atoms with E-state index in [1.165, 1.54) is 6.33 Å². The van der Waals surface area contributed by atoms with Crippen LogP contribution in [0.2, 0.25) is 0 Å². The smallest absolute Gasteiger partial charge is 0.245 e. The van der Waals surface area contributed by atoms with E-state index in [0.29, 0.717) is 23.7 Å². The molecule has 2 aromatic heterocycles. The van der Waals surface area contributed by atoms with Gasteiger partial charge in [0.1, 0.15) is 12.2 Å². The molecule has 6 nitrogen and oxygen atoms in total. The summed E-state index contributed by atoms with van der Waals surface area (Å²) in [5.41, 5.74) is 1.51. The number of hydrogen-bond acceptors (Lipinski definition) is 5. The lowest BCUT2D eigenvalue weighted by atomic mass is 10.4. The number of nitrogens with zero attached hydrogens (tertiary/aromatic N) is 5. The van der Waals surface area contributed by atoms with Crippen LogP contribution in [0.15, 0.2) is 6.33 Å². The largest absolute Gasteiger partial charge is 0.479 e. The molecule has 0 spiro atoms. The lowest BCUT2D eigenvalue weighted by molar-refractivity contribution is 0.335. The third kappa shape index (κ3) is 3.02. The lowest BCUT2D eigenvalue weighted by Gasteiger charge is -2.15. The number of halogens is 1. The van der Waals surface area contributed by atoms with Gasteiger partial charge in [0.2, 0.25) is 5.88 Å².